The van der Waals surface area contributed by atoms with E-state index in [1.54, 1.807) is 16.7 Å². The quantitative estimate of drug-likeness (QED) is 0.185. The number of thiazole rings is 1. The number of fused-ring (bicyclic) bond motifs is 2. The maximum absolute atomic E-state index is 14.2. The van der Waals surface area contributed by atoms with Crippen molar-refractivity contribution in [1.29, 1.82) is 0 Å². The number of hydrogen-bond donors (Lipinski definition) is 0. The van der Waals surface area contributed by atoms with Crippen molar-refractivity contribution < 1.29 is 14.3 Å². The van der Waals surface area contributed by atoms with Crippen LogP contribution in [0.25, 0.3) is 16.8 Å². The van der Waals surface area contributed by atoms with E-state index in [9.17, 15) is 9.59 Å². The van der Waals surface area contributed by atoms with Crippen LogP contribution in [0.3, 0.4) is 0 Å². The molecule has 216 valence electrons. The first kappa shape index (κ1) is 28.9. The van der Waals surface area contributed by atoms with E-state index in [1.165, 1.54) is 18.4 Å². The molecule has 5 aromatic rings. The highest BCUT2D eigenvalue weighted by Crippen LogP contribution is 2.33. The van der Waals surface area contributed by atoms with Crippen LogP contribution in [0.2, 0.25) is 10.0 Å². The highest BCUT2D eigenvalue weighted by atomic mass is 35.5. The number of nitrogens with zero attached hydrogens (tertiary/aromatic N) is 2. The molecule has 0 fully saturated rings. The molecule has 1 aromatic heterocycles. The van der Waals surface area contributed by atoms with E-state index in [2.05, 4.69) is 0 Å². The van der Waals surface area contributed by atoms with E-state index < -0.39 is 12.0 Å². The second-order valence-corrected chi connectivity index (χ2v) is 11.8. The van der Waals surface area contributed by atoms with Crippen molar-refractivity contribution >= 4 is 57.4 Å². The van der Waals surface area contributed by atoms with Crippen molar-refractivity contribution in [3.8, 4) is 5.75 Å². The molecule has 0 amide bonds. The summed E-state index contributed by atoms with van der Waals surface area (Å²) in [4.78, 5) is 32.6. The Balaban J connectivity index is 1.53. The molecule has 1 aliphatic rings. The van der Waals surface area contributed by atoms with E-state index in [4.69, 9.17) is 37.7 Å². The van der Waals surface area contributed by atoms with Crippen LogP contribution in [0.15, 0.2) is 106 Å². The number of halogens is 2. The molecule has 0 N–H and O–H groups in total. The van der Waals surface area contributed by atoms with E-state index >= 15 is 0 Å². The van der Waals surface area contributed by atoms with Crippen molar-refractivity contribution in [1.82, 2.24) is 4.57 Å². The van der Waals surface area contributed by atoms with Gasteiger partial charge in [-0.1, -0.05) is 108 Å². The van der Waals surface area contributed by atoms with Crippen molar-refractivity contribution in [3.05, 3.63) is 143 Å². The summed E-state index contributed by atoms with van der Waals surface area (Å²) in [6.07, 6.45) is 2.36. The van der Waals surface area contributed by atoms with Gasteiger partial charge in [-0.2, -0.15) is 0 Å². The van der Waals surface area contributed by atoms with Gasteiger partial charge in [0.2, 0.25) is 0 Å². The number of carbonyl (C=O) groups excluding carboxylic acids is 1. The van der Waals surface area contributed by atoms with Crippen LogP contribution in [0.1, 0.15) is 36.1 Å². The molecule has 4 aromatic carbocycles. The summed E-state index contributed by atoms with van der Waals surface area (Å²) < 4.78 is 13.5. The van der Waals surface area contributed by atoms with Gasteiger partial charge >= 0.3 is 5.97 Å². The average Bonchev–Trinajstić information content (AvgIpc) is 3.35. The zero-order chi connectivity index (χ0) is 30.1. The molecule has 0 bridgehead atoms. The minimum Gasteiger partial charge on any atom is -0.488 e. The topological polar surface area (TPSA) is 69.9 Å². The first-order chi connectivity index (χ1) is 20.9. The lowest BCUT2D eigenvalue weighted by atomic mass is 9.95. The molecule has 1 aliphatic heterocycles. The van der Waals surface area contributed by atoms with Crippen LogP contribution >= 0.6 is 34.5 Å². The highest BCUT2D eigenvalue weighted by Gasteiger charge is 2.33. The standard InChI is InChI=1S/C34H26Cl2N2O4S/c1-3-27-30(33(40)41-2)31(22-10-5-4-6-11-22)38-32(39)29(43-34(38)37-27)18-24-23-12-8-7-9-21(23)14-16-28(24)42-19-20-13-15-25(35)26(36)17-20/h4-18,31H,3,19H2,1-2H3/b29-18+/t31-/m1/s1. The van der Waals surface area contributed by atoms with Gasteiger partial charge in [-0.15, -0.1) is 0 Å². The van der Waals surface area contributed by atoms with Crippen molar-refractivity contribution in [2.75, 3.05) is 7.11 Å². The van der Waals surface area contributed by atoms with Crippen LogP contribution in [-0.2, 0) is 16.1 Å². The van der Waals surface area contributed by atoms with Gasteiger partial charge in [0.1, 0.15) is 12.4 Å². The van der Waals surface area contributed by atoms with E-state index in [-0.39, 0.29) is 12.2 Å². The van der Waals surface area contributed by atoms with E-state index in [0.717, 1.165) is 27.5 Å². The Labute approximate surface area is 261 Å². The number of benzene rings is 4. The van der Waals surface area contributed by atoms with Gasteiger partial charge in [-0.3, -0.25) is 9.36 Å². The summed E-state index contributed by atoms with van der Waals surface area (Å²) >= 11 is 13.6. The zero-order valence-electron chi connectivity index (χ0n) is 23.3. The fourth-order valence-corrected chi connectivity index (χ4v) is 6.61. The van der Waals surface area contributed by atoms with Gasteiger partial charge in [0.25, 0.3) is 5.56 Å². The predicted molar refractivity (Wildman–Crippen MR) is 172 cm³/mol. The second kappa shape index (κ2) is 12.2. The summed E-state index contributed by atoms with van der Waals surface area (Å²) in [5.41, 5.74) is 3.14. The first-order valence-electron chi connectivity index (χ1n) is 13.7. The SMILES string of the molecule is CCC1=C(C(=O)OC)[C@@H](c2ccccc2)n2c(s/c(=C/c3c(OCc4ccc(Cl)c(Cl)c4)ccc4ccccc34)c2=O)=N1. The highest BCUT2D eigenvalue weighted by molar-refractivity contribution is 7.07. The minimum atomic E-state index is -0.667. The molecule has 43 heavy (non-hydrogen) atoms. The number of ether oxygens (including phenoxy) is 2. The smallest absolute Gasteiger partial charge is 0.338 e. The first-order valence-corrected chi connectivity index (χ1v) is 15.2. The van der Waals surface area contributed by atoms with Gasteiger partial charge < -0.3 is 9.47 Å². The van der Waals surface area contributed by atoms with E-state index in [0.29, 0.717) is 42.8 Å². The predicted octanol–water partition coefficient (Wildman–Crippen LogP) is 6.84. The molecule has 0 saturated carbocycles. The summed E-state index contributed by atoms with van der Waals surface area (Å²) in [7, 11) is 1.34. The normalized spacial score (nSPS) is 14.9. The maximum atomic E-state index is 14.2. The Morgan fingerprint density at radius 1 is 1.00 bits per heavy atom. The van der Waals surface area contributed by atoms with Crippen LogP contribution in [-0.4, -0.2) is 17.6 Å². The zero-order valence-corrected chi connectivity index (χ0v) is 25.7. The number of rotatable bonds is 7. The summed E-state index contributed by atoms with van der Waals surface area (Å²) in [5.74, 6) is 0.107. The van der Waals surface area contributed by atoms with Gasteiger partial charge in [0.15, 0.2) is 4.80 Å². The minimum absolute atomic E-state index is 0.252. The Bertz CT molecular complexity index is 2080. The lowest BCUT2D eigenvalue weighted by molar-refractivity contribution is -0.136. The molecule has 0 spiro atoms. The summed E-state index contributed by atoms with van der Waals surface area (Å²) in [6.45, 7) is 2.19. The fourth-order valence-electron chi connectivity index (χ4n) is 5.29. The molecule has 0 radical (unpaired) electrons. The van der Waals surface area contributed by atoms with Crippen LogP contribution < -0.4 is 19.6 Å². The Kier molecular flexibility index (Phi) is 8.21. The third kappa shape index (κ3) is 5.52. The third-order valence-electron chi connectivity index (χ3n) is 7.35. The maximum Gasteiger partial charge on any atom is 0.338 e. The molecular weight excluding hydrogens is 603 g/mol. The van der Waals surface area contributed by atoms with Gasteiger partial charge in [-0.25, -0.2) is 9.79 Å². The number of aromatic nitrogens is 1. The number of allylic oxidation sites excluding steroid dienone is 1. The van der Waals surface area contributed by atoms with E-state index in [1.807, 2.05) is 85.8 Å². The van der Waals surface area contributed by atoms with Gasteiger partial charge in [-0.05, 0) is 52.6 Å². The fraction of sp³-hybridized carbons (Fsp3) is 0.147. The molecule has 0 saturated heterocycles. The van der Waals surface area contributed by atoms with Crippen molar-refractivity contribution in [3.63, 3.8) is 0 Å². The van der Waals surface area contributed by atoms with Crippen molar-refractivity contribution in [2.45, 2.75) is 26.0 Å². The molecule has 0 aliphatic carbocycles. The average molecular weight is 630 g/mol. The Morgan fingerprint density at radius 2 is 1.77 bits per heavy atom. The number of methoxy groups -OCH3 is 1. The number of esters is 1. The summed E-state index contributed by atoms with van der Waals surface area (Å²) in [5, 5.41) is 2.87. The lowest BCUT2D eigenvalue weighted by Gasteiger charge is -2.25. The third-order valence-corrected chi connectivity index (χ3v) is 9.07. The lowest BCUT2D eigenvalue weighted by Crippen LogP contribution is -2.40. The van der Waals surface area contributed by atoms with Gasteiger partial charge in [0.05, 0.1) is 39.0 Å². The summed E-state index contributed by atoms with van der Waals surface area (Å²) in [6, 6.07) is 26.0. The largest absolute Gasteiger partial charge is 0.488 e. The molecule has 0 unspecified atom stereocenters. The molecule has 1 atom stereocenters. The Morgan fingerprint density at radius 3 is 2.51 bits per heavy atom. The second-order valence-electron chi connectivity index (χ2n) is 9.93. The van der Waals surface area contributed by atoms with Crippen LogP contribution in [0, 0.1) is 0 Å². The van der Waals surface area contributed by atoms with Crippen molar-refractivity contribution in [2.24, 2.45) is 4.99 Å². The Hall–Kier alpha value is -4.17. The number of carbonyl (C=O) groups is 1. The molecule has 9 heteroatoms. The monoisotopic (exact) mass is 628 g/mol. The molecule has 6 rings (SSSR count). The van der Waals surface area contributed by atoms with Crippen LogP contribution in [0.4, 0.5) is 0 Å². The van der Waals surface area contributed by atoms with Gasteiger partial charge in [0, 0.05) is 5.56 Å². The number of hydrogen-bond acceptors (Lipinski definition) is 6. The molecular formula is C34H26Cl2N2O4S. The molecule has 2 heterocycles. The molecule has 6 nitrogen and oxygen atoms in total. The van der Waals surface area contributed by atoms with Crippen LogP contribution in [0.5, 0.6) is 5.75 Å².